The highest BCUT2D eigenvalue weighted by Crippen LogP contribution is 2.37. The van der Waals surface area contributed by atoms with Gasteiger partial charge in [-0.15, -0.1) is 5.10 Å². The predicted octanol–water partition coefficient (Wildman–Crippen LogP) is 2.78. The first-order chi connectivity index (χ1) is 19.6. The van der Waals surface area contributed by atoms with E-state index in [-0.39, 0.29) is 24.0 Å². The summed E-state index contributed by atoms with van der Waals surface area (Å²) in [5.41, 5.74) is 10.4. The van der Waals surface area contributed by atoms with Crippen LogP contribution < -0.4 is 10.6 Å². The summed E-state index contributed by atoms with van der Waals surface area (Å²) in [7, 11) is 0. The van der Waals surface area contributed by atoms with Gasteiger partial charge in [0, 0.05) is 55.2 Å². The van der Waals surface area contributed by atoms with Gasteiger partial charge in [0.05, 0.1) is 23.6 Å². The molecule has 5 heterocycles. The highest BCUT2D eigenvalue weighted by molar-refractivity contribution is 5.91. The van der Waals surface area contributed by atoms with Crippen molar-refractivity contribution in [3.63, 3.8) is 0 Å². The lowest BCUT2D eigenvalue weighted by molar-refractivity contribution is -0.149. The lowest BCUT2D eigenvalue weighted by atomic mass is 10.0. The largest absolute Gasteiger partial charge is 0.382 e. The monoisotopic (exact) mass is 559 g/mol. The molecule has 3 N–H and O–H groups in total. The lowest BCUT2D eigenvalue weighted by Gasteiger charge is -2.47. The van der Waals surface area contributed by atoms with Gasteiger partial charge in [0.2, 0.25) is 0 Å². The Kier molecular flexibility index (Phi) is 6.90. The molecule has 2 unspecified atom stereocenters. The number of fused-ring (bicyclic) bond motifs is 1. The summed E-state index contributed by atoms with van der Waals surface area (Å²) < 4.78 is 9.38. The molecule has 0 bridgehead atoms. The Bertz CT molecular complexity index is 1560. The number of rotatable bonds is 5. The zero-order valence-corrected chi connectivity index (χ0v) is 23.9. The smallest absolute Gasteiger partial charge is 0.254 e. The van der Waals surface area contributed by atoms with Crippen LogP contribution in [-0.4, -0.2) is 89.5 Å². The second kappa shape index (κ2) is 10.4. The van der Waals surface area contributed by atoms with Crippen LogP contribution in [0.1, 0.15) is 46.6 Å². The van der Waals surface area contributed by atoms with Crippen molar-refractivity contribution in [1.29, 1.82) is 0 Å². The lowest BCUT2D eigenvalue weighted by Crippen LogP contribution is -2.61. The van der Waals surface area contributed by atoms with Gasteiger partial charge in [-0.1, -0.05) is 17.3 Å². The average Bonchev–Trinajstić information content (AvgIpc) is 3.58. The molecule has 1 amide bonds. The van der Waals surface area contributed by atoms with Gasteiger partial charge in [-0.3, -0.25) is 4.79 Å². The topological polar surface area (TPSA) is 140 Å². The van der Waals surface area contributed by atoms with Crippen molar-refractivity contribution < 1.29 is 14.6 Å². The molecule has 2 fully saturated rings. The molecular weight excluding hydrogens is 522 g/mol. The van der Waals surface area contributed by atoms with Crippen molar-refractivity contribution in [2.24, 2.45) is 0 Å². The van der Waals surface area contributed by atoms with E-state index in [0.29, 0.717) is 37.6 Å². The minimum atomic E-state index is -1.39. The summed E-state index contributed by atoms with van der Waals surface area (Å²) >= 11 is 0. The fraction of sp³-hybridized carbons (Fsp3) is 0.483. The van der Waals surface area contributed by atoms with Crippen LogP contribution >= 0.6 is 0 Å². The third-order valence-corrected chi connectivity index (χ3v) is 8.14. The molecule has 0 saturated carbocycles. The second-order valence-corrected chi connectivity index (χ2v) is 11.7. The summed E-state index contributed by atoms with van der Waals surface area (Å²) in [5.74, 6) is 0.135. The first kappa shape index (κ1) is 27.2. The van der Waals surface area contributed by atoms with Crippen LogP contribution in [0.4, 0.5) is 11.5 Å². The minimum Gasteiger partial charge on any atom is -0.382 e. The van der Waals surface area contributed by atoms with Gasteiger partial charge in [0.25, 0.3) is 5.91 Å². The highest BCUT2D eigenvalue weighted by Gasteiger charge is 2.37. The van der Waals surface area contributed by atoms with Gasteiger partial charge < -0.3 is 25.4 Å². The number of aromatic nitrogens is 6. The number of anilines is 2. The summed E-state index contributed by atoms with van der Waals surface area (Å²) in [5, 5.41) is 23.6. The number of carbonyl (C=O) groups is 1. The standard InChI is InChI=1S/C29H37N9O3/c1-18-15-35(28(39)29(3,4)40)16-19(2)36(18)22-7-5-6-20(12-22)24-13-23(26-27(30)31-17-33-38(24)26)25-14-32-34-37(25)21-8-10-41-11-9-21/h5-7,12-14,17-19,21,40H,8-11,15-16H2,1-4H3,(H2,30,31,33). The molecule has 216 valence electrons. The molecular formula is C29H37N9O3. The van der Waals surface area contributed by atoms with Gasteiger partial charge in [-0.25, -0.2) is 14.2 Å². The third-order valence-electron chi connectivity index (χ3n) is 8.14. The van der Waals surface area contributed by atoms with Crippen molar-refractivity contribution >= 4 is 22.9 Å². The van der Waals surface area contributed by atoms with E-state index >= 15 is 0 Å². The molecule has 4 aromatic rings. The quantitative estimate of drug-likeness (QED) is 0.378. The highest BCUT2D eigenvalue weighted by atomic mass is 16.5. The van der Waals surface area contributed by atoms with Crippen LogP contribution in [0.2, 0.25) is 0 Å². The number of ether oxygens (including phenoxy) is 1. The zero-order valence-electron chi connectivity index (χ0n) is 23.9. The maximum atomic E-state index is 12.8. The number of piperazine rings is 1. The fourth-order valence-corrected chi connectivity index (χ4v) is 6.32. The van der Waals surface area contributed by atoms with Crippen molar-refractivity contribution in [2.45, 2.75) is 64.3 Å². The Balaban J connectivity index is 1.38. The van der Waals surface area contributed by atoms with E-state index in [1.807, 2.05) is 15.3 Å². The zero-order chi connectivity index (χ0) is 28.9. The molecule has 2 saturated heterocycles. The molecule has 0 radical (unpaired) electrons. The second-order valence-electron chi connectivity index (χ2n) is 11.7. The van der Waals surface area contributed by atoms with E-state index < -0.39 is 5.60 Å². The first-order valence-corrected chi connectivity index (χ1v) is 14.1. The molecule has 6 rings (SSSR count). The molecule has 2 aliphatic rings. The Morgan fingerprint density at radius 1 is 1.10 bits per heavy atom. The number of hydrogen-bond donors (Lipinski definition) is 2. The van der Waals surface area contributed by atoms with Crippen molar-refractivity contribution in [1.82, 2.24) is 34.5 Å². The number of nitrogen functional groups attached to an aromatic ring is 1. The fourth-order valence-electron chi connectivity index (χ4n) is 6.32. The molecule has 12 nitrogen and oxygen atoms in total. The summed E-state index contributed by atoms with van der Waals surface area (Å²) in [6.07, 6.45) is 4.98. The van der Waals surface area contributed by atoms with Crippen molar-refractivity contribution in [3.05, 3.63) is 42.9 Å². The number of benzene rings is 1. The number of aliphatic hydroxyl groups is 1. The minimum absolute atomic E-state index is 0.0535. The summed E-state index contributed by atoms with van der Waals surface area (Å²) in [6.45, 7) is 9.75. The Morgan fingerprint density at radius 2 is 1.83 bits per heavy atom. The molecule has 3 aromatic heterocycles. The number of nitrogens with zero attached hydrogens (tertiary/aromatic N) is 8. The number of nitrogens with two attached hydrogens (primary N) is 1. The summed E-state index contributed by atoms with van der Waals surface area (Å²) in [6, 6.07) is 10.7. The first-order valence-electron chi connectivity index (χ1n) is 14.1. The normalized spacial score (nSPS) is 20.6. The molecule has 1 aromatic carbocycles. The Morgan fingerprint density at radius 3 is 2.54 bits per heavy atom. The van der Waals surface area contributed by atoms with E-state index in [1.54, 1.807) is 24.9 Å². The number of carbonyl (C=O) groups excluding carboxylic acids is 1. The van der Waals surface area contributed by atoms with E-state index in [9.17, 15) is 9.90 Å². The molecule has 0 aliphatic carbocycles. The van der Waals surface area contributed by atoms with Crippen molar-refractivity contribution in [3.8, 4) is 22.5 Å². The molecule has 2 atom stereocenters. The number of hydrogen-bond acceptors (Lipinski definition) is 9. The van der Waals surface area contributed by atoms with E-state index in [2.05, 4.69) is 63.4 Å². The van der Waals surface area contributed by atoms with Gasteiger partial charge >= 0.3 is 0 Å². The van der Waals surface area contributed by atoms with Gasteiger partial charge in [-0.2, -0.15) is 5.10 Å². The summed E-state index contributed by atoms with van der Waals surface area (Å²) in [4.78, 5) is 21.2. The average molecular weight is 560 g/mol. The van der Waals surface area contributed by atoms with Crippen LogP contribution in [-0.2, 0) is 9.53 Å². The molecule has 12 heteroatoms. The van der Waals surface area contributed by atoms with Crippen LogP contribution in [0.3, 0.4) is 0 Å². The van der Waals surface area contributed by atoms with Crippen LogP contribution in [0.15, 0.2) is 42.9 Å². The van der Waals surface area contributed by atoms with Gasteiger partial charge in [-0.05, 0) is 58.7 Å². The van der Waals surface area contributed by atoms with E-state index in [4.69, 9.17) is 10.5 Å². The SMILES string of the molecule is CC1CN(C(=O)C(C)(C)O)CC(C)N1c1cccc(-c2cc(-c3cnnn3C3CCOCC3)c3c(N)ncnn23)c1. The predicted molar refractivity (Wildman–Crippen MR) is 155 cm³/mol. The van der Waals surface area contributed by atoms with Crippen molar-refractivity contribution in [2.75, 3.05) is 36.9 Å². The van der Waals surface area contributed by atoms with Crippen LogP contribution in [0.25, 0.3) is 28.0 Å². The van der Waals surface area contributed by atoms with E-state index in [0.717, 1.165) is 41.0 Å². The number of amides is 1. The van der Waals surface area contributed by atoms with Gasteiger partial charge in [0.15, 0.2) is 5.82 Å². The maximum Gasteiger partial charge on any atom is 0.254 e. The van der Waals surface area contributed by atoms with Crippen LogP contribution in [0, 0.1) is 0 Å². The molecule has 2 aliphatic heterocycles. The van der Waals surface area contributed by atoms with Crippen LogP contribution in [0.5, 0.6) is 0 Å². The van der Waals surface area contributed by atoms with E-state index in [1.165, 1.54) is 6.33 Å². The molecule has 0 spiro atoms. The Labute approximate surface area is 238 Å². The Hall–Kier alpha value is -4.03. The van der Waals surface area contributed by atoms with Gasteiger partial charge in [0.1, 0.15) is 17.4 Å². The third kappa shape index (κ3) is 4.91. The molecule has 41 heavy (non-hydrogen) atoms. The maximum absolute atomic E-state index is 12.8.